The quantitative estimate of drug-likeness (QED) is 0.172. The SMILES string of the molecule is NCC(=O)N[C@H]1CCN[C@H](C(=O)N2C[C@H](NC(=O)C(O)CCc3ccccc3)C[C@H]2C(=O)O)C1.Nc1cnc2ccccc2c1. The Labute approximate surface area is 261 Å². The molecule has 1 aromatic heterocycles. The number of likely N-dealkylation sites (tertiary alicyclic amines) is 1. The molecule has 9 N–H and O–H groups in total. The molecule has 13 nitrogen and oxygen atoms in total. The fourth-order valence-electron chi connectivity index (χ4n) is 5.61. The summed E-state index contributed by atoms with van der Waals surface area (Å²) in [5, 5.41) is 29.6. The molecule has 2 fully saturated rings. The van der Waals surface area contributed by atoms with Crippen molar-refractivity contribution in [2.24, 2.45) is 5.73 Å². The number of aromatic nitrogens is 1. The molecule has 3 heterocycles. The van der Waals surface area contributed by atoms with E-state index < -0.39 is 36.1 Å². The maximum Gasteiger partial charge on any atom is 0.326 e. The first-order chi connectivity index (χ1) is 21.6. The molecule has 0 saturated carbocycles. The Hall–Kier alpha value is -4.59. The van der Waals surface area contributed by atoms with Crippen LogP contribution in [-0.2, 0) is 25.6 Å². The summed E-state index contributed by atoms with van der Waals surface area (Å²) in [6, 6.07) is 16.8. The van der Waals surface area contributed by atoms with Gasteiger partial charge in [-0.1, -0.05) is 48.5 Å². The number of nitrogens with zero attached hydrogens (tertiary/aromatic N) is 2. The second-order valence-corrected chi connectivity index (χ2v) is 11.3. The van der Waals surface area contributed by atoms with E-state index >= 15 is 0 Å². The van der Waals surface area contributed by atoms with Crippen LogP contribution < -0.4 is 27.4 Å². The summed E-state index contributed by atoms with van der Waals surface area (Å²) in [4.78, 5) is 54.4. The van der Waals surface area contributed by atoms with Gasteiger partial charge >= 0.3 is 5.97 Å². The minimum Gasteiger partial charge on any atom is -0.480 e. The minimum absolute atomic E-state index is 0.0327. The van der Waals surface area contributed by atoms with Crippen molar-refractivity contribution >= 4 is 40.3 Å². The van der Waals surface area contributed by atoms with E-state index in [9.17, 15) is 29.4 Å². The molecule has 2 aliphatic heterocycles. The van der Waals surface area contributed by atoms with Crippen molar-refractivity contribution in [3.8, 4) is 0 Å². The van der Waals surface area contributed by atoms with E-state index in [2.05, 4.69) is 20.9 Å². The van der Waals surface area contributed by atoms with Gasteiger partial charge in [-0.2, -0.15) is 0 Å². The smallest absolute Gasteiger partial charge is 0.326 e. The van der Waals surface area contributed by atoms with Crippen LogP contribution in [0.3, 0.4) is 0 Å². The molecule has 5 rings (SSSR count). The topological polar surface area (TPSA) is 213 Å². The number of rotatable bonds is 9. The van der Waals surface area contributed by atoms with E-state index in [1.807, 2.05) is 60.7 Å². The highest BCUT2D eigenvalue weighted by Gasteiger charge is 2.43. The number of para-hydroxylation sites is 1. The first-order valence-electron chi connectivity index (χ1n) is 15.0. The highest BCUT2D eigenvalue weighted by molar-refractivity contribution is 5.88. The number of nitrogen functional groups attached to an aromatic ring is 1. The normalized spacial score (nSPS) is 21.7. The van der Waals surface area contributed by atoms with E-state index in [4.69, 9.17) is 11.5 Å². The molecule has 5 atom stereocenters. The first-order valence-corrected chi connectivity index (χ1v) is 15.0. The number of pyridine rings is 1. The molecule has 3 amide bonds. The molecule has 0 bridgehead atoms. The standard InChI is InChI=1S/C23H33N5O6.C9H8N2/c24-12-20(30)26-15-8-9-25-17(10-15)22(32)28-13-16(11-18(28)23(33)34)27-21(31)19(29)7-6-14-4-2-1-3-5-14;10-8-5-7-3-1-2-4-9(7)11-6-8/h1-5,15-19,25,29H,6-13,24H2,(H,26,30)(H,27,31)(H,33,34);1-6H,10H2/t15-,16+,17-,18-,19?;/m0./s1. The molecule has 3 aromatic rings. The highest BCUT2D eigenvalue weighted by atomic mass is 16.4. The number of carbonyl (C=O) groups excluding carboxylic acids is 3. The zero-order valence-electron chi connectivity index (χ0n) is 25.0. The maximum atomic E-state index is 13.1. The van der Waals surface area contributed by atoms with Gasteiger partial charge in [0.15, 0.2) is 0 Å². The lowest BCUT2D eigenvalue weighted by Crippen LogP contribution is -2.56. The number of aryl methyl sites for hydroxylation is 1. The fourth-order valence-corrected chi connectivity index (χ4v) is 5.61. The second-order valence-electron chi connectivity index (χ2n) is 11.3. The zero-order chi connectivity index (χ0) is 32.3. The Morgan fingerprint density at radius 3 is 2.49 bits per heavy atom. The number of carbonyl (C=O) groups is 4. The number of nitrogens with two attached hydrogens (primary N) is 2. The number of carboxylic acid groups (broad SMARTS) is 1. The predicted molar refractivity (Wildman–Crippen MR) is 169 cm³/mol. The molecule has 2 saturated heterocycles. The number of amides is 3. The fraction of sp³-hybridized carbons (Fsp3) is 0.406. The average molecular weight is 620 g/mol. The molecule has 0 spiro atoms. The number of hydrogen-bond donors (Lipinski definition) is 7. The number of aliphatic hydroxyl groups is 1. The van der Waals surface area contributed by atoms with Crippen molar-refractivity contribution in [3.63, 3.8) is 0 Å². The number of piperidine rings is 1. The lowest BCUT2D eigenvalue weighted by atomic mass is 9.98. The zero-order valence-corrected chi connectivity index (χ0v) is 25.0. The van der Waals surface area contributed by atoms with Gasteiger partial charge in [-0.25, -0.2) is 4.79 Å². The Bertz CT molecular complexity index is 1470. The van der Waals surface area contributed by atoms with Gasteiger partial charge in [-0.05, 0) is 49.9 Å². The highest BCUT2D eigenvalue weighted by Crippen LogP contribution is 2.22. The van der Waals surface area contributed by atoms with Crippen molar-refractivity contribution < 1.29 is 29.4 Å². The van der Waals surface area contributed by atoms with Crippen molar-refractivity contribution in [1.82, 2.24) is 25.8 Å². The number of fused-ring (bicyclic) bond motifs is 1. The molecule has 2 aliphatic rings. The molecule has 13 heteroatoms. The monoisotopic (exact) mass is 619 g/mol. The summed E-state index contributed by atoms with van der Waals surface area (Å²) in [5.74, 6) is -2.44. The first kappa shape index (κ1) is 33.3. The number of carboxylic acids is 1. The van der Waals surface area contributed by atoms with Gasteiger partial charge in [0, 0.05) is 30.4 Å². The molecule has 1 unspecified atom stereocenters. The number of aliphatic hydroxyl groups excluding tert-OH is 1. The third-order valence-electron chi connectivity index (χ3n) is 7.93. The van der Waals surface area contributed by atoms with E-state index in [0.29, 0.717) is 31.5 Å². The lowest BCUT2D eigenvalue weighted by molar-refractivity contribution is -0.149. The molecular formula is C32H41N7O6. The Morgan fingerprint density at radius 2 is 1.76 bits per heavy atom. The largest absolute Gasteiger partial charge is 0.480 e. The molecule has 45 heavy (non-hydrogen) atoms. The van der Waals surface area contributed by atoms with Gasteiger partial charge in [0.2, 0.25) is 17.7 Å². The van der Waals surface area contributed by atoms with Crippen molar-refractivity contribution in [2.45, 2.75) is 62.4 Å². The van der Waals surface area contributed by atoms with Crippen molar-refractivity contribution in [1.29, 1.82) is 0 Å². The maximum absolute atomic E-state index is 13.1. The molecular weight excluding hydrogens is 578 g/mol. The Kier molecular flexibility index (Phi) is 11.8. The number of anilines is 1. The second kappa shape index (κ2) is 15.9. The van der Waals surface area contributed by atoms with E-state index in [1.165, 1.54) is 4.90 Å². The van der Waals surface area contributed by atoms with Crippen LogP contribution >= 0.6 is 0 Å². The number of benzene rings is 2. The number of aliphatic carboxylic acids is 1. The van der Waals surface area contributed by atoms with Gasteiger partial charge in [0.1, 0.15) is 12.1 Å². The van der Waals surface area contributed by atoms with Gasteiger partial charge in [0.05, 0.1) is 30.0 Å². The summed E-state index contributed by atoms with van der Waals surface area (Å²) < 4.78 is 0. The summed E-state index contributed by atoms with van der Waals surface area (Å²) in [7, 11) is 0. The summed E-state index contributed by atoms with van der Waals surface area (Å²) >= 11 is 0. The molecule has 0 aliphatic carbocycles. The minimum atomic E-state index is -1.24. The molecule has 0 radical (unpaired) electrons. The van der Waals surface area contributed by atoms with Crippen LogP contribution in [0.5, 0.6) is 0 Å². The van der Waals surface area contributed by atoms with Gasteiger partial charge in [-0.15, -0.1) is 0 Å². The lowest BCUT2D eigenvalue weighted by Gasteiger charge is -2.33. The molecule has 240 valence electrons. The van der Waals surface area contributed by atoms with Gasteiger partial charge in [-0.3, -0.25) is 19.4 Å². The Morgan fingerprint density at radius 1 is 1.02 bits per heavy atom. The van der Waals surface area contributed by atoms with Crippen LogP contribution in [0.4, 0.5) is 5.69 Å². The van der Waals surface area contributed by atoms with Crippen LogP contribution in [0.2, 0.25) is 0 Å². The third kappa shape index (κ3) is 9.45. The van der Waals surface area contributed by atoms with E-state index in [0.717, 1.165) is 16.5 Å². The number of nitrogens with one attached hydrogen (secondary N) is 3. The van der Waals surface area contributed by atoms with Crippen molar-refractivity contribution in [3.05, 3.63) is 72.4 Å². The Balaban J connectivity index is 0.000000348. The van der Waals surface area contributed by atoms with Gasteiger partial charge < -0.3 is 42.5 Å². The van der Waals surface area contributed by atoms with E-state index in [-0.39, 0.29) is 43.8 Å². The van der Waals surface area contributed by atoms with Crippen molar-refractivity contribution in [2.75, 3.05) is 25.4 Å². The van der Waals surface area contributed by atoms with Crippen LogP contribution in [0.25, 0.3) is 10.9 Å². The average Bonchev–Trinajstić information content (AvgIpc) is 3.48. The van der Waals surface area contributed by atoms with E-state index in [1.54, 1.807) is 6.20 Å². The van der Waals surface area contributed by atoms with Crippen LogP contribution in [0, 0.1) is 0 Å². The van der Waals surface area contributed by atoms with Gasteiger partial charge in [0.25, 0.3) is 0 Å². The number of hydrogen-bond acceptors (Lipinski definition) is 9. The third-order valence-corrected chi connectivity index (χ3v) is 7.93. The van der Waals surface area contributed by atoms with Crippen LogP contribution in [-0.4, -0.2) is 93.7 Å². The summed E-state index contributed by atoms with van der Waals surface area (Å²) in [6.45, 7) is 0.380. The predicted octanol–water partition coefficient (Wildman–Crippen LogP) is 0.163. The van der Waals surface area contributed by atoms with Crippen LogP contribution in [0.1, 0.15) is 31.2 Å². The summed E-state index contributed by atoms with van der Waals surface area (Å²) in [5.41, 5.74) is 13.6. The summed E-state index contributed by atoms with van der Waals surface area (Å²) in [6.07, 6.45) is 2.20. The van der Waals surface area contributed by atoms with Crippen LogP contribution in [0.15, 0.2) is 66.9 Å². The molecule has 2 aromatic carbocycles.